The third-order valence-electron chi connectivity index (χ3n) is 3.98. The molecule has 1 heterocycles. The quantitative estimate of drug-likeness (QED) is 0.824. The van der Waals surface area contributed by atoms with Gasteiger partial charge in [-0.3, -0.25) is 0 Å². The van der Waals surface area contributed by atoms with Gasteiger partial charge in [-0.1, -0.05) is 12.1 Å². The number of carbonyl (C=O) groups is 1. The highest BCUT2D eigenvalue weighted by atomic mass is 16.6. The number of amides is 1. The van der Waals surface area contributed by atoms with Crippen molar-refractivity contribution in [1.82, 2.24) is 4.90 Å². The fourth-order valence-corrected chi connectivity index (χ4v) is 2.88. The normalized spacial score (nSPS) is 22.5. The maximum atomic E-state index is 12.3. The van der Waals surface area contributed by atoms with Crippen molar-refractivity contribution in [3.63, 3.8) is 0 Å². The van der Waals surface area contributed by atoms with E-state index in [-0.39, 0.29) is 24.5 Å². The van der Waals surface area contributed by atoms with Crippen molar-refractivity contribution in [2.45, 2.75) is 38.7 Å². The number of likely N-dealkylation sites (tertiary alicyclic amines) is 1. The second-order valence-electron chi connectivity index (χ2n) is 6.93. The topological polar surface area (TPSA) is 75.8 Å². The second kappa shape index (κ2) is 6.57. The van der Waals surface area contributed by atoms with Gasteiger partial charge in [0.15, 0.2) is 0 Å². The van der Waals surface area contributed by atoms with Gasteiger partial charge in [0.05, 0.1) is 0 Å². The molecule has 122 valence electrons. The number of rotatable bonds is 2. The van der Waals surface area contributed by atoms with Crippen LogP contribution in [-0.4, -0.2) is 41.4 Å². The number of nitrogens with two attached hydrogens (primary N) is 1. The third-order valence-corrected chi connectivity index (χ3v) is 3.98. The van der Waals surface area contributed by atoms with Crippen LogP contribution < -0.4 is 5.73 Å². The van der Waals surface area contributed by atoms with Crippen LogP contribution in [0.4, 0.5) is 10.5 Å². The summed E-state index contributed by atoms with van der Waals surface area (Å²) in [4.78, 5) is 14.0. The van der Waals surface area contributed by atoms with E-state index in [1.165, 1.54) is 0 Å². The van der Waals surface area contributed by atoms with Crippen molar-refractivity contribution in [3.05, 3.63) is 29.8 Å². The highest BCUT2D eigenvalue weighted by molar-refractivity contribution is 5.68. The van der Waals surface area contributed by atoms with Crippen LogP contribution in [0.25, 0.3) is 0 Å². The van der Waals surface area contributed by atoms with E-state index in [1.54, 1.807) is 4.90 Å². The molecule has 2 rings (SSSR count). The Morgan fingerprint density at radius 1 is 1.45 bits per heavy atom. The van der Waals surface area contributed by atoms with Crippen LogP contribution in [0.2, 0.25) is 0 Å². The number of benzene rings is 1. The van der Waals surface area contributed by atoms with E-state index >= 15 is 0 Å². The monoisotopic (exact) mass is 306 g/mol. The lowest BCUT2D eigenvalue weighted by Crippen LogP contribution is -2.45. The van der Waals surface area contributed by atoms with Gasteiger partial charge in [-0.2, -0.15) is 0 Å². The average Bonchev–Trinajstić information content (AvgIpc) is 2.44. The third kappa shape index (κ3) is 4.13. The molecule has 1 aromatic rings. The highest BCUT2D eigenvalue weighted by Gasteiger charge is 2.34. The van der Waals surface area contributed by atoms with Crippen molar-refractivity contribution in [3.8, 4) is 0 Å². The fourth-order valence-electron chi connectivity index (χ4n) is 2.88. The first-order valence-electron chi connectivity index (χ1n) is 7.74. The van der Waals surface area contributed by atoms with Gasteiger partial charge < -0.3 is 20.5 Å². The first-order chi connectivity index (χ1) is 10.3. The Balaban J connectivity index is 2.15. The first kappa shape index (κ1) is 16.6. The minimum Gasteiger partial charge on any atom is -0.444 e. The summed E-state index contributed by atoms with van der Waals surface area (Å²) in [6.07, 6.45) is 0.465. The average molecular weight is 306 g/mol. The standard InChI is InChI=1S/C17H26N2O3/c1-17(2,3)22-16(21)19-8-7-13(11-20)15(10-19)12-5-4-6-14(18)9-12/h4-6,9,13,15,20H,7-8,10-11,18H2,1-3H3/t13?,15-/m1/s1. The molecule has 0 aliphatic carbocycles. The molecular weight excluding hydrogens is 280 g/mol. The van der Waals surface area contributed by atoms with Gasteiger partial charge in [0, 0.05) is 31.3 Å². The van der Waals surface area contributed by atoms with Gasteiger partial charge in [0.1, 0.15) is 5.60 Å². The number of hydrogen-bond donors (Lipinski definition) is 2. The molecule has 0 saturated carbocycles. The second-order valence-corrected chi connectivity index (χ2v) is 6.93. The van der Waals surface area contributed by atoms with E-state index < -0.39 is 5.60 Å². The van der Waals surface area contributed by atoms with Gasteiger partial charge in [-0.05, 0) is 50.8 Å². The summed E-state index contributed by atoms with van der Waals surface area (Å²) < 4.78 is 5.45. The number of hydrogen-bond acceptors (Lipinski definition) is 4. The van der Waals surface area contributed by atoms with Crippen molar-refractivity contribution in [1.29, 1.82) is 0 Å². The Hall–Kier alpha value is -1.75. The molecule has 0 aromatic heterocycles. The molecule has 5 heteroatoms. The molecule has 1 aromatic carbocycles. The van der Waals surface area contributed by atoms with Gasteiger partial charge >= 0.3 is 6.09 Å². The Labute approximate surface area is 132 Å². The van der Waals surface area contributed by atoms with E-state index in [9.17, 15) is 9.90 Å². The van der Waals surface area contributed by atoms with E-state index in [4.69, 9.17) is 10.5 Å². The molecule has 0 spiro atoms. The fraction of sp³-hybridized carbons (Fsp3) is 0.588. The van der Waals surface area contributed by atoms with E-state index in [2.05, 4.69) is 0 Å². The summed E-state index contributed by atoms with van der Waals surface area (Å²) in [7, 11) is 0. The van der Waals surface area contributed by atoms with E-state index in [0.29, 0.717) is 18.8 Å². The minimum absolute atomic E-state index is 0.0785. The summed E-state index contributed by atoms with van der Waals surface area (Å²) in [6, 6.07) is 7.67. The minimum atomic E-state index is -0.502. The lowest BCUT2D eigenvalue weighted by Gasteiger charge is -2.38. The van der Waals surface area contributed by atoms with Crippen LogP contribution in [-0.2, 0) is 4.74 Å². The summed E-state index contributed by atoms with van der Waals surface area (Å²) in [6.45, 7) is 6.85. The van der Waals surface area contributed by atoms with Crippen LogP contribution in [0.3, 0.4) is 0 Å². The zero-order chi connectivity index (χ0) is 16.3. The largest absolute Gasteiger partial charge is 0.444 e. The maximum absolute atomic E-state index is 12.3. The Morgan fingerprint density at radius 2 is 2.18 bits per heavy atom. The first-order valence-corrected chi connectivity index (χ1v) is 7.74. The van der Waals surface area contributed by atoms with E-state index in [0.717, 1.165) is 12.0 Å². The van der Waals surface area contributed by atoms with Crippen LogP contribution in [0.5, 0.6) is 0 Å². The van der Waals surface area contributed by atoms with Crippen molar-refractivity contribution < 1.29 is 14.6 Å². The lowest BCUT2D eigenvalue weighted by atomic mass is 9.81. The van der Waals surface area contributed by atoms with Gasteiger partial charge in [-0.15, -0.1) is 0 Å². The molecule has 1 amide bonds. The number of carbonyl (C=O) groups excluding carboxylic acids is 1. The van der Waals surface area contributed by atoms with Crippen LogP contribution in [0.15, 0.2) is 24.3 Å². The van der Waals surface area contributed by atoms with E-state index in [1.807, 2.05) is 45.0 Å². The zero-order valence-electron chi connectivity index (χ0n) is 13.6. The molecular formula is C17H26N2O3. The molecule has 22 heavy (non-hydrogen) atoms. The molecule has 1 fully saturated rings. The Bertz CT molecular complexity index is 525. The number of nitrogen functional groups attached to an aromatic ring is 1. The molecule has 0 radical (unpaired) electrons. The molecule has 1 aliphatic rings. The van der Waals surface area contributed by atoms with Crippen LogP contribution in [0, 0.1) is 5.92 Å². The number of aliphatic hydroxyl groups is 1. The SMILES string of the molecule is CC(C)(C)OC(=O)N1CCC(CO)[C@@H](c2cccc(N)c2)C1. The number of anilines is 1. The Morgan fingerprint density at radius 3 is 2.77 bits per heavy atom. The summed E-state index contributed by atoms with van der Waals surface area (Å²) in [5.41, 5.74) is 7.12. The van der Waals surface area contributed by atoms with Crippen molar-refractivity contribution >= 4 is 11.8 Å². The zero-order valence-corrected chi connectivity index (χ0v) is 13.6. The molecule has 5 nitrogen and oxygen atoms in total. The van der Waals surface area contributed by atoms with Gasteiger partial charge in [0.2, 0.25) is 0 Å². The number of piperidine rings is 1. The number of aliphatic hydroxyl groups excluding tert-OH is 1. The van der Waals surface area contributed by atoms with Crippen LogP contribution >= 0.6 is 0 Å². The molecule has 1 unspecified atom stereocenters. The molecule has 1 aliphatic heterocycles. The number of ether oxygens (including phenoxy) is 1. The summed E-state index contributed by atoms with van der Waals surface area (Å²) in [5.74, 6) is 0.218. The van der Waals surface area contributed by atoms with Crippen molar-refractivity contribution in [2.75, 3.05) is 25.4 Å². The smallest absolute Gasteiger partial charge is 0.410 e. The number of nitrogens with zero attached hydrogens (tertiary/aromatic N) is 1. The predicted octanol–water partition coefficient (Wildman–Crippen LogP) is 2.60. The summed E-state index contributed by atoms with van der Waals surface area (Å²) in [5, 5.41) is 9.64. The Kier molecular flexibility index (Phi) is 4.96. The summed E-state index contributed by atoms with van der Waals surface area (Å²) >= 11 is 0. The molecule has 3 N–H and O–H groups in total. The van der Waals surface area contributed by atoms with Crippen molar-refractivity contribution in [2.24, 2.45) is 5.92 Å². The van der Waals surface area contributed by atoms with Crippen LogP contribution in [0.1, 0.15) is 38.7 Å². The van der Waals surface area contributed by atoms with Gasteiger partial charge in [-0.25, -0.2) is 4.79 Å². The van der Waals surface area contributed by atoms with Gasteiger partial charge in [0.25, 0.3) is 0 Å². The molecule has 2 atom stereocenters. The molecule has 1 saturated heterocycles. The lowest BCUT2D eigenvalue weighted by molar-refractivity contribution is 0.0122. The highest BCUT2D eigenvalue weighted by Crippen LogP contribution is 2.33. The molecule has 0 bridgehead atoms. The maximum Gasteiger partial charge on any atom is 0.410 e. The predicted molar refractivity (Wildman–Crippen MR) is 86.6 cm³/mol.